The quantitative estimate of drug-likeness (QED) is 0.775. The Kier molecular flexibility index (Phi) is 3.55. The number of hydrogen-bond acceptors (Lipinski definition) is 2. The number of ketones is 1. The number of carbonyl (C=O) groups excluding carboxylic acids is 1. The van der Waals surface area contributed by atoms with Crippen molar-refractivity contribution in [3.05, 3.63) is 35.1 Å². The summed E-state index contributed by atoms with van der Waals surface area (Å²) in [4.78, 5) is 21.8. The van der Waals surface area contributed by atoms with Crippen molar-refractivity contribution in [1.82, 2.24) is 0 Å². The Bertz CT molecular complexity index is 399. The molecule has 80 valence electrons. The fourth-order valence-corrected chi connectivity index (χ4v) is 1.30. The SMILES string of the molecule is Cc1cc(F)ccc1C(=O)CCC(=O)O. The molecular weight excluding hydrogens is 199 g/mol. The summed E-state index contributed by atoms with van der Waals surface area (Å²) in [5.74, 6) is -1.68. The number of rotatable bonds is 4. The molecule has 1 aromatic rings. The molecule has 15 heavy (non-hydrogen) atoms. The van der Waals surface area contributed by atoms with Gasteiger partial charge in [0.2, 0.25) is 0 Å². The van der Waals surface area contributed by atoms with E-state index in [1.165, 1.54) is 18.2 Å². The molecule has 0 unspecified atom stereocenters. The van der Waals surface area contributed by atoms with Crippen molar-refractivity contribution in [1.29, 1.82) is 0 Å². The van der Waals surface area contributed by atoms with E-state index >= 15 is 0 Å². The lowest BCUT2D eigenvalue weighted by Gasteiger charge is -2.03. The van der Waals surface area contributed by atoms with Crippen LogP contribution in [0.25, 0.3) is 0 Å². The van der Waals surface area contributed by atoms with Gasteiger partial charge in [0.1, 0.15) is 5.82 Å². The Balaban J connectivity index is 2.78. The Hall–Kier alpha value is -1.71. The van der Waals surface area contributed by atoms with Crippen LogP contribution in [0.15, 0.2) is 18.2 Å². The summed E-state index contributed by atoms with van der Waals surface area (Å²) < 4.78 is 12.7. The molecule has 0 aliphatic rings. The van der Waals surface area contributed by atoms with Crippen LogP contribution in [0.2, 0.25) is 0 Å². The van der Waals surface area contributed by atoms with Crippen molar-refractivity contribution in [3.8, 4) is 0 Å². The average molecular weight is 210 g/mol. The average Bonchev–Trinajstić information content (AvgIpc) is 2.14. The third-order valence-electron chi connectivity index (χ3n) is 2.05. The van der Waals surface area contributed by atoms with Crippen molar-refractivity contribution < 1.29 is 19.1 Å². The first-order valence-corrected chi connectivity index (χ1v) is 4.52. The summed E-state index contributed by atoms with van der Waals surface area (Å²) in [5.41, 5.74) is 0.919. The first kappa shape index (κ1) is 11.4. The standard InChI is InChI=1S/C11H11FO3/c1-7-6-8(12)2-3-9(7)10(13)4-5-11(14)15/h2-3,6H,4-5H2,1H3,(H,14,15). The van der Waals surface area contributed by atoms with Crippen LogP contribution in [0.1, 0.15) is 28.8 Å². The highest BCUT2D eigenvalue weighted by atomic mass is 19.1. The number of aryl methyl sites for hydroxylation is 1. The summed E-state index contributed by atoms with van der Waals surface area (Å²) in [6.45, 7) is 1.62. The molecule has 3 nitrogen and oxygen atoms in total. The number of Topliss-reactive ketones (excluding diaryl/α,β-unsaturated/α-hetero) is 1. The van der Waals surface area contributed by atoms with E-state index in [1.807, 2.05) is 0 Å². The van der Waals surface area contributed by atoms with Gasteiger partial charge >= 0.3 is 5.97 Å². The molecule has 0 aromatic heterocycles. The maximum absolute atomic E-state index is 12.7. The number of carboxylic acid groups (broad SMARTS) is 1. The predicted octanol–water partition coefficient (Wildman–Crippen LogP) is 2.18. The van der Waals surface area contributed by atoms with Gasteiger partial charge in [-0.05, 0) is 30.7 Å². The van der Waals surface area contributed by atoms with Crippen LogP contribution < -0.4 is 0 Å². The maximum atomic E-state index is 12.7. The molecule has 1 rings (SSSR count). The van der Waals surface area contributed by atoms with Gasteiger partial charge in [0.15, 0.2) is 5.78 Å². The van der Waals surface area contributed by atoms with E-state index < -0.39 is 11.8 Å². The van der Waals surface area contributed by atoms with Gasteiger partial charge in [-0.3, -0.25) is 9.59 Å². The molecule has 0 aliphatic heterocycles. The van der Waals surface area contributed by atoms with E-state index in [0.29, 0.717) is 11.1 Å². The first-order chi connectivity index (χ1) is 7.00. The summed E-state index contributed by atoms with van der Waals surface area (Å²) in [6.07, 6.45) is -0.253. The monoisotopic (exact) mass is 210 g/mol. The lowest BCUT2D eigenvalue weighted by Crippen LogP contribution is -2.05. The van der Waals surface area contributed by atoms with Gasteiger partial charge in [0, 0.05) is 12.0 Å². The van der Waals surface area contributed by atoms with Crippen LogP contribution in [0.5, 0.6) is 0 Å². The number of hydrogen-bond donors (Lipinski definition) is 1. The fourth-order valence-electron chi connectivity index (χ4n) is 1.30. The third kappa shape index (κ3) is 3.16. The van der Waals surface area contributed by atoms with Gasteiger partial charge in [-0.15, -0.1) is 0 Å². The molecule has 0 aliphatic carbocycles. The van der Waals surface area contributed by atoms with Crippen LogP contribution >= 0.6 is 0 Å². The molecule has 1 N–H and O–H groups in total. The largest absolute Gasteiger partial charge is 0.481 e. The number of carboxylic acids is 1. The van der Waals surface area contributed by atoms with Crippen LogP contribution in [-0.2, 0) is 4.79 Å². The summed E-state index contributed by atoms with van der Waals surface area (Å²) in [7, 11) is 0. The second kappa shape index (κ2) is 4.68. The number of benzene rings is 1. The van der Waals surface area contributed by atoms with Crippen LogP contribution in [0.3, 0.4) is 0 Å². The van der Waals surface area contributed by atoms with Crippen molar-refractivity contribution in [2.24, 2.45) is 0 Å². The van der Waals surface area contributed by atoms with Crippen LogP contribution in [0, 0.1) is 12.7 Å². The Labute approximate surface area is 86.5 Å². The zero-order valence-electron chi connectivity index (χ0n) is 8.29. The second-order valence-electron chi connectivity index (χ2n) is 3.28. The molecule has 0 saturated carbocycles. The summed E-state index contributed by atoms with van der Waals surface area (Å²) >= 11 is 0. The normalized spacial score (nSPS) is 10.0. The van der Waals surface area contributed by atoms with Crippen LogP contribution in [-0.4, -0.2) is 16.9 Å². The van der Waals surface area contributed by atoms with E-state index in [4.69, 9.17) is 5.11 Å². The zero-order chi connectivity index (χ0) is 11.4. The second-order valence-corrected chi connectivity index (χ2v) is 3.28. The van der Waals surface area contributed by atoms with E-state index in [1.54, 1.807) is 6.92 Å². The molecule has 0 atom stereocenters. The van der Waals surface area contributed by atoms with Gasteiger partial charge in [-0.2, -0.15) is 0 Å². The summed E-state index contributed by atoms with van der Waals surface area (Å²) in [5, 5.41) is 8.41. The minimum absolute atomic E-state index is 0.0538. The van der Waals surface area contributed by atoms with Crippen molar-refractivity contribution in [2.45, 2.75) is 19.8 Å². The van der Waals surface area contributed by atoms with Gasteiger partial charge in [-0.25, -0.2) is 4.39 Å². The molecule has 0 bridgehead atoms. The number of aliphatic carboxylic acids is 1. The first-order valence-electron chi connectivity index (χ1n) is 4.52. The van der Waals surface area contributed by atoms with E-state index in [0.717, 1.165) is 0 Å². The molecule has 4 heteroatoms. The Morgan fingerprint density at radius 2 is 2.00 bits per heavy atom. The van der Waals surface area contributed by atoms with Crippen molar-refractivity contribution >= 4 is 11.8 Å². The zero-order valence-corrected chi connectivity index (χ0v) is 8.29. The number of halogens is 1. The molecular formula is C11H11FO3. The topological polar surface area (TPSA) is 54.4 Å². The van der Waals surface area contributed by atoms with Crippen molar-refractivity contribution in [3.63, 3.8) is 0 Å². The van der Waals surface area contributed by atoms with E-state index in [-0.39, 0.29) is 18.6 Å². The fraction of sp³-hybridized carbons (Fsp3) is 0.273. The molecule has 0 fully saturated rings. The van der Waals surface area contributed by atoms with Gasteiger partial charge in [0.25, 0.3) is 0 Å². The van der Waals surface area contributed by atoms with E-state index in [9.17, 15) is 14.0 Å². The summed E-state index contributed by atoms with van der Waals surface area (Å²) in [6, 6.07) is 3.84. The lowest BCUT2D eigenvalue weighted by atomic mass is 10.0. The van der Waals surface area contributed by atoms with Crippen LogP contribution in [0.4, 0.5) is 4.39 Å². The highest BCUT2D eigenvalue weighted by Gasteiger charge is 2.11. The molecule has 0 spiro atoms. The van der Waals surface area contributed by atoms with Gasteiger partial charge < -0.3 is 5.11 Å². The smallest absolute Gasteiger partial charge is 0.303 e. The van der Waals surface area contributed by atoms with Gasteiger partial charge in [-0.1, -0.05) is 0 Å². The minimum Gasteiger partial charge on any atom is -0.481 e. The highest BCUT2D eigenvalue weighted by Crippen LogP contribution is 2.13. The number of carbonyl (C=O) groups is 2. The van der Waals surface area contributed by atoms with Crippen molar-refractivity contribution in [2.75, 3.05) is 0 Å². The third-order valence-corrected chi connectivity index (χ3v) is 2.05. The minimum atomic E-state index is -1.01. The lowest BCUT2D eigenvalue weighted by molar-refractivity contribution is -0.136. The molecule has 0 radical (unpaired) electrons. The molecule has 0 amide bonds. The Morgan fingerprint density at radius 3 is 2.53 bits per heavy atom. The molecule has 1 aromatic carbocycles. The highest BCUT2D eigenvalue weighted by molar-refractivity contribution is 5.98. The Morgan fingerprint density at radius 1 is 1.33 bits per heavy atom. The molecule has 0 heterocycles. The maximum Gasteiger partial charge on any atom is 0.303 e. The van der Waals surface area contributed by atoms with E-state index in [2.05, 4.69) is 0 Å². The molecule has 0 saturated heterocycles. The van der Waals surface area contributed by atoms with Gasteiger partial charge in [0.05, 0.1) is 6.42 Å². The predicted molar refractivity (Wildman–Crippen MR) is 52.3 cm³/mol.